The van der Waals surface area contributed by atoms with Crippen LogP contribution in [-0.2, 0) is 22.6 Å². The van der Waals surface area contributed by atoms with Crippen LogP contribution in [0.4, 0.5) is 0 Å². The van der Waals surface area contributed by atoms with Gasteiger partial charge in [-0.3, -0.25) is 9.59 Å². The smallest absolute Gasteiger partial charge is 0.242 e. The van der Waals surface area contributed by atoms with Crippen molar-refractivity contribution in [1.82, 2.24) is 10.2 Å². The molecule has 1 atom stereocenters. The molecule has 0 spiro atoms. The van der Waals surface area contributed by atoms with Gasteiger partial charge in [0, 0.05) is 23.1 Å². The van der Waals surface area contributed by atoms with E-state index in [-0.39, 0.29) is 24.8 Å². The average molecular weight is 449 g/mol. The predicted molar refractivity (Wildman–Crippen MR) is 124 cm³/mol. The summed E-state index contributed by atoms with van der Waals surface area (Å²) in [5, 5.41) is 3.98. The molecule has 0 radical (unpaired) electrons. The van der Waals surface area contributed by atoms with Gasteiger partial charge in [-0.1, -0.05) is 79.4 Å². The molecule has 2 aromatic carbocycles. The minimum Gasteiger partial charge on any atom is -0.354 e. The van der Waals surface area contributed by atoms with E-state index in [1.807, 2.05) is 38.1 Å². The van der Waals surface area contributed by atoms with Crippen LogP contribution in [0, 0.1) is 6.92 Å². The number of halogens is 2. The third kappa shape index (κ3) is 7.03. The Bertz CT molecular complexity index is 870. The van der Waals surface area contributed by atoms with E-state index < -0.39 is 6.04 Å². The van der Waals surface area contributed by atoms with Crippen LogP contribution in [-0.4, -0.2) is 29.3 Å². The van der Waals surface area contributed by atoms with Gasteiger partial charge < -0.3 is 10.2 Å². The van der Waals surface area contributed by atoms with Crippen molar-refractivity contribution in [2.24, 2.45) is 0 Å². The first-order valence-electron chi connectivity index (χ1n) is 10.4. The van der Waals surface area contributed by atoms with E-state index in [2.05, 4.69) is 12.2 Å². The predicted octanol–water partition coefficient (Wildman–Crippen LogP) is 5.57. The highest BCUT2D eigenvalue weighted by molar-refractivity contribution is 6.35. The highest BCUT2D eigenvalue weighted by Gasteiger charge is 2.29. The highest BCUT2D eigenvalue weighted by Crippen LogP contribution is 2.24. The van der Waals surface area contributed by atoms with E-state index >= 15 is 0 Å². The van der Waals surface area contributed by atoms with Gasteiger partial charge in [0.2, 0.25) is 11.8 Å². The molecule has 0 saturated heterocycles. The van der Waals surface area contributed by atoms with Crippen LogP contribution < -0.4 is 5.32 Å². The minimum absolute atomic E-state index is 0.107. The van der Waals surface area contributed by atoms with Crippen molar-refractivity contribution in [3.05, 3.63) is 69.2 Å². The Kier molecular flexibility index (Phi) is 9.67. The zero-order valence-corrected chi connectivity index (χ0v) is 19.4. The standard InChI is InChI=1S/C24H30Cl2N2O2/c1-4-6-12-27-24(30)22(5-2)28(16-19-10-11-20(25)15-21(19)26)23(29)14-18-9-7-8-17(3)13-18/h7-11,13,15,22H,4-6,12,14,16H2,1-3H3,(H,27,30)/t22-/m1/s1. The van der Waals surface area contributed by atoms with Gasteiger partial charge in [-0.2, -0.15) is 0 Å². The lowest BCUT2D eigenvalue weighted by molar-refractivity contribution is -0.140. The maximum atomic E-state index is 13.3. The Labute approximate surface area is 189 Å². The maximum Gasteiger partial charge on any atom is 0.242 e. The van der Waals surface area contributed by atoms with Gasteiger partial charge in [0.1, 0.15) is 6.04 Å². The van der Waals surface area contributed by atoms with Gasteiger partial charge in [-0.25, -0.2) is 0 Å². The molecule has 0 aromatic heterocycles. The van der Waals surface area contributed by atoms with Gasteiger partial charge in [-0.15, -0.1) is 0 Å². The van der Waals surface area contributed by atoms with Gasteiger partial charge >= 0.3 is 0 Å². The number of rotatable bonds is 10. The molecule has 2 amide bonds. The highest BCUT2D eigenvalue weighted by atomic mass is 35.5. The second-order valence-corrected chi connectivity index (χ2v) is 8.34. The summed E-state index contributed by atoms with van der Waals surface area (Å²) in [5.41, 5.74) is 2.78. The molecule has 0 bridgehead atoms. The summed E-state index contributed by atoms with van der Waals surface area (Å²) in [4.78, 5) is 27.8. The van der Waals surface area contributed by atoms with Gasteiger partial charge in [0.25, 0.3) is 0 Å². The SMILES string of the molecule is CCCCNC(=O)[C@@H](CC)N(Cc1ccc(Cl)cc1Cl)C(=O)Cc1cccc(C)c1. The summed E-state index contributed by atoms with van der Waals surface area (Å²) in [5.74, 6) is -0.238. The number of hydrogen-bond donors (Lipinski definition) is 1. The third-order valence-electron chi connectivity index (χ3n) is 5.01. The zero-order chi connectivity index (χ0) is 22.1. The molecule has 0 aliphatic rings. The van der Waals surface area contributed by atoms with E-state index in [9.17, 15) is 9.59 Å². The third-order valence-corrected chi connectivity index (χ3v) is 5.60. The van der Waals surface area contributed by atoms with Crippen LogP contribution in [0.2, 0.25) is 10.0 Å². The topological polar surface area (TPSA) is 49.4 Å². The minimum atomic E-state index is -0.564. The zero-order valence-electron chi connectivity index (χ0n) is 17.9. The van der Waals surface area contributed by atoms with Crippen molar-refractivity contribution in [3.63, 3.8) is 0 Å². The monoisotopic (exact) mass is 448 g/mol. The lowest BCUT2D eigenvalue weighted by Crippen LogP contribution is -2.49. The molecular formula is C24H30Cl2N2O2. The van der Waals surface area contributed by atoms with Crippen LogP contribution in [0.5, 0.6) is 0 Å². The number of hydrogen-bond acceptors (Lipinski definition) is 2. The van der Waals surface area contributed by atoms with Crippen LogP contribution in [0.1, 0.15) is 49.8 Å². The number of nitrogens with zero attached hydrogens (tertiary/aromatic N) is 1. The molecule has 162 valence electrons. The summed E-state index contributed by atoms with van der Waals surface area (Å²) >= 11 is 12.4. The normalized spacial score (nSPS) is 11.8. The number of benzene rings is 2. The number of carbonyl (C=O) groups is 2. The van der Waals surface area contributed by atoms with Gasteiger partial charge in [-0.05, 0) is 43.0 Å². The first-order chi connectivity index (χ1) is 14.3. The van der Waals surface area contributed by atoms with Crippen molar-refractivity contribution in [2.45, 2.75) is 59.0 Å². The summed E-state index contributed by atoms with van der Waals surface area (Å²) in [7, 11) is 0. The molecule has 0 unspecified atom stereocenters. The fourth-order valence-corrected chi connectivity index (χ4v) is 3.83. The molecule has 2 aromatic rings. The molecule has 30 heavy (non-hydrogen) atoms. The first-order valence-corrected chi connectivity index (χ1v) is 11.2. The van der Waals surface area contributed by atoms with Gasteiger partial charge in [0.15, 0.2) is 0 Å². The van der Waals surface area contributed by atoms with Crippen LogP contribution in [0.25, 0.3) is 0 Å². The fraction of sp³-hybridized carbons (Fsp3) is 0.417. The van der Waals surface area contributed by atoms with Crippen molar-refractivity contribution in [1.29, 1.82) is 0 Å². The molecule has 6 heteroatoms. The Balaban J connectivity index is 2.29. The second kappa shape index (κ2) is 12.0. The Morgan fingerprint density at radius 3 is 2.50 bits per heavy atom. The van der Waals surface area contributed by atoms with E-state index in [0.29, 0.717) is 23.0 Å². The number of nitrogens with one attached hydrogen (secondary N) is 1. The van der Waals surface area contributed by atoms with Crippen molar-refractivity contribution in [2.75, 3.05) is 6.54 Å². The van der Waals surface area contributed by atoms with Crippen LogP contribution in [0.3, 0.4) is 0 Å². The molecular weight excluding hydrogens is 419 g/mol. The Morgan fingerprint density at radius 1 is 1.10 bits per heavy atom. The Morgan fingerprint density at radius 2 is 1.87 bits per heavy atom. The van der Waals surface area contributed by atoms with E-state index in [1.54, 1.807) is 23.1 Å². The van der Waals surface area contributed by atoms with E-state index in [1.165, 1.54) is 0 Å². The van der Waals surface area contributed by atoms with Crippen molar-refractivity contribution in [3.8, 4) is 0 Å². The maximum absolute atomic E-state index is 13.3. The molecule has 4 nitrogen and oxygen atoms in total. The Hall–Kier alpha value is -2.04. The molecule has 0 saturated carbocycles. The summed E-state index contributed by atoms with van der Waals surface area (Å²) in [6, 6.07) is 12.5. The van der Waals surface area contributed by atoms with Crippen molar-refractivity contribution < 1.29 is 9.59 Å². The first kappa shape index (κ1) is 24.2. The lowest BCUT2D eigenvalue weighted by Gasteiger charge is -2.31. The molecule has 0 heterocycles. The van der Waals surface area contributed by atoms with Crippen LogP contribution in [0.15, 0.2) is 42.5 Å². The van der Waals surface area contributed by atoms with Crippen LogP contribution >= 0.6 is 23.2 Å². The molecule has 0 fully saturated rings. The number of amides is 2. The number of aryl methyl sites for hydroxylation is 1. The average Bonchev–Trinajstić information content (AvgIpc) is 2.69. The van der Waals surface area contributed by atoms with Crippen molar-refractivity contribution >= 4 is 35.0 Å². The number of unbranched alkanes of at least 4 members (excludes halogenated alkanes) is 1. The molecule has 0 aliphatic heterocycles. The van der Waals surface area contributed by atoms with E-state index in [0.717, 1.165) is 29.5 Å². The molecule has 0 aliphatic carbocycles. The summed E-state index contributed by atoms with van der Waals surface area (Å²) in [6.45, 7) is 6.84. The number of carbonyl (C=O) groups excluding carboxylic acids is 2. The molecule has 2 rings (SSSR count). The molecule has 1 N–H and O–H groups in total. The second-order valence-electron chi connectivity index (χ2n) is 7.49. The van der Waals surface area contributed by atoms with Gasteiger partial charge in [0.05, 0.1) is 6.42 Å². The summed E-state index contributed by atoms with van der Waals surface area (Å²) in [6.07, 6.45) is 2.64. The van der Waals surface area contributed by atoms with E-state index in [4.69, 9.17) is 23.2 Å². The largest absolute Gasteiger partial charge is 0.354 e. The fourth-order valence-electron chi connectivity index (χ4n) is 3.36. The lowest BCUT2D eigenvalue weighted by atomic mass is 10.1. The quantitative estimate of drug-likeness (QED) is 0.483. The summed E-state index contributed by atoms with van der Waals surface area (Å²) < 4.78 is 0.